The molecule has 0 unspecified atom stereocenters. The summed E-state index contributed by atoms with van der Waals surface area (Å²) >= 11 is 10.4. The van der Waals surface area contributed by atoms with Crippen LogP contribution >= 0.6 is 23.8 Å². The second-order valence-electron chi connectivity index (χ2n) is 2.48. The van der Waals surface area contributed by atoms with Crippen LogP contribution in [-0.2, 0) is 0 Å². The summed E-state index contributed by atoms with van der Waals surface area (Å²) in [6.45, 7) is 1.90. The van der Waals surface area contributed by atoms with Crippen LogP contribution in [0.15, 0.2) is 17.1 Å². The number of aryl methyl sites for hydroxylation is 1. The quantitative estimate of drug-likeness (QED) is 0.555. The molecule has 0 aliphatic rings. The minimum Gasteiger partial charge on any atom is -0.494 e. The molecule has 0 saturated heterocycles. The first-order chi connectivity index (χ1) is 6.19. The van der Waals surface area contributed by atoms with Gasteiger partial charge in [-0.05, 0) is 36.8 Å². The molecule has 0 aliphatic carbocycles. The van der Waals surface area contributed by atoms with Crippen molar-refractivity contribution in [1.29, 1.82) is 0 Å². The van der Waals surface area contributed by atoms with Crippen molar-refractivity contribution in [2.75, 3.05) is 7.11 Å². The molecular weight excluding hydrogens is 206 g/mol. The number of thiocarbonyl (C=S) groups is 1. The first-order valence-corrected chi connectivity index (χ1v) is 4.39. The van der Waals surface area contributed by atoms with Crippen molar-refractivity contribution in [1.82, 2.24) is 0 Å². The minimum absolute atomic E-state index is 0.613. The van der Waals surface area contributed by atoms with E-state index >= 15 is 0 Å². The molecule has 0 bridgehead atoms. The number of nitrogens with zero attached hydrogens (tertiary/aromatic N) is 1. The number of isothiocyanates is 1. The van der Waals surface area contributed by atoms with Crippen molar-refractivity contribution in [3.63, 3.8) is 0 Å². The van der Waals surface area contributed by atoms with Gasteiger partial charge >= 0.3 is 0 Å². The smallest absolute Gasteiger partial charge is 0.148 e. The molecule has 0 spiro atoms. The van der Waals surface area contributed by atoms with Crippen LogP contribution in [0.1, 0.15) is 5.56 Å². The lowest BCUT2D eigenvalue weighted by Crippen LogP contribution is -1.87. The summed E-state index contributed by atoms with van der Waals surface area (Å²) in [6.07, 6.45) is 0. The van der Waals surface area contributed by atoms with E-state index in [1.807, 2.05) is 13.0 Å². The normalized spacial score (nSPS) is 9.15. The molecule has 1 rings (SSSR count). The molecule has 1 aromatic carbocycles. The van der Waals surface area contributed by atoms with E-state index in [-0.39, 0.29) is 0 Å². The lowest BCUT2D eigenvalue weighted by atomic mass is 10.2. The Morgan fingerprint density at radius 2 is 2.23 bits per heavy atom. The van der Waals surface area contributed by atoms with Gasteiger partial charge < -0.3 is 4.74 Å². The molecule has 1 aromatic rings. The summed E-state index contributed by atoms with van der Waals surface area (Å²) in [4.78, 5) is 3.85. The first-order valence-electron chi connectivity index (χ1n) is 3.61. The van der Waals surface area contributed by atoms with E-state index in [2.05, 4.69) is 22.4 Å². The fourth-order valence-corrected chi connectivity index (χ4v) is 1.48. The van der Waals surface area contributed by atoms with Gasteiger partial charge in [0, 0.05) is 5.02 Å². The zero-order valence-electron chi connectivity index (χ0n) is 7.30. The Morgan fingerprint density at radius 1 is 1.54 bits per heavy atom. The highest BCUT2D eigenvalue weighted by Crippen LogP contribution is 2.33. The summed E-state index contributed by atoms with van der Waals surface area (Å²) in [5, 5.41) is 2.90. The van der Waals surface area contributed by atoms with Gasteiger partial charge in [-0.25, -0.2) is 0 Å². The lowest BCUT2D eigenvalue weighted by molar-refractivity contribution is 0.413. The van der Waals surface area contributed by atoms with Crippen molar-refractivity contribution >= 4 is 34.7 Å². The largest absolute Gasteiger partial charge is 0.494 e. The number of hydrogen-bond donors (Lipinski definition) is 0. The molecule has 0 heterocycles. The van der Waals surface area contributed by atoms with Gasteiger partial charge in [-0.15, -0.1) is 0 Å². The number of benzene rings is 1. The fraction of sp³-hybridized carbons (Fsp3) is 0.222. The average molecular weight is 214 g/mol. The van der Waals surface area contributed by atoms with Crippen LogP contribution in [0.5, 0.6) is 5.75 Å². The van der Waals surface area contributed by atoms with Gasteiger partial charge in [0.15, 0.2) is 0 Å². The number of hydrogen-bond acceptors (Lipinski definition) is 3. The van der Waals surface area contributed by atoms with Crippen LogP contribution in [0.2, 0.25) is 5.02 Å². The molecule has 0 atom stereocenters. The Kier molecular flexibility index (Phi) is 3.43. The Bertz CT molecular complexity index is 372. The highest BCUT2D eigenvalue weighted by Gasteiger charge is 2.06. The Morgan fingerprint density at radius 3 is 2.77 bits per heavy atom. The van der Waals surface area contributed by atoms with E-state index in [0.717, 1.165) is 5.56 Å². The van der Waals surface area contributed by atoms with Crippen LogP contribution < -0.4 is 4.74 Å². The van der Waals surface area contributed by atoms with Crippen molar-refractivity contribution in [2.24, 2.45) is 4.99 Å². The highest BCUT2D eigenvalue weighted by molar-refractivity contribution is 7.78. The fourth-order valence-electron chi connectivity index (χ4n) is 1.11. The summed E-state index contributed by atoms with van der Waals surface area (Å²) in [5.74, 6) is 0.682. The molecular formula is C9H8ClNOS. The second kappa shape index (κ2) is 4.38. The third kappa shape index (κ3) is 2.28. The van der Waals surface area contributed by atoms with Crippen LogP contribution in [0.4, 0.5) is 5.69 Å². The van der Waals surface area contributed by atoms with Crippen molar-refractivity contribution in [2.45, 2.75) is 6.92 Å². The predicted octanol–water partition coefficient (Wildman–Crippen LogP) is 3.39. The summed E-state index contributed by atoms with van der Waals surface area (Å²) in [7, 11) is 1.58. The van der Waals surface area contributed by atoms with Gasteiger partial charge in [0.1, 0.15) is 11.4 Å². The number of ether oxygens (including phenoxy) is 1. The van der Waals surface area contributed by atoms with Crippen molar-refractivity contribution < 1.29 is 4.74 Å². The highest BCUT2D eigenvalue weighted by atomic mass is 35.5. The molecule has 0 aliphatic heterocycles. The van der Waals surface area contributed by atoms with E-state index in [0.29, 0.717) is 16.5 Å². The van der Waals surface area contributed by atoms with Gasteiger partial charge in [-0.3, -0.25) is 0 Å². The predicted molar refractivity (Wildman–Crippen MR) is 57.4 cm³/mol. The van der Waals surface area contributed by atoms with Crippen molar-refractivity contribution in [3.8, 4) is 5.75 Å². The van der Waals surface area contributed by atoms with Gasteiger partial charge in [0.25, 0.3) is 0 Å². The molecule has 0 radical (unpaired) electrons. The maximum absolute atomic E-state index is 5.84. The van der Waals surface area contributed by atoms with E-state index in [9.17, 15) is 0 Å². The van der Waals surface area contributed by atoms with Crippen LogP contribution in [0, 0.1) is 6.92 Å². The maximum Gasteiger partial charge on any atom is 0.148 e. The number of methoxy groups -OCH3 is 1. The summed E-state index contributed by atoms with van der Waals surface area (Å²) in [6, 6.07) is 3.50. The molecule has 0 N–H and O–H groups in total. The number of aliphatic imine (C=N–C) groups is 1. The average Bonchev–Trinajstić information content (AvgIpc) is 2.04. The van der Waals surface area contributed by atoms with Gasteiger partial charge in [0.05, 0.1) is 12.3 Å². The van der Waals surface area contributed by atoms with Crippen molar-refractivity contribution in [3.05, 3.63) is 22.7 Å². The number of rotatable bonds is 2. The third-order valence-electron chi connectivity index (χ3n) is 1.59. The first kappa shape index (κ1) is 10.2. The zero-order valence-corrected chi connectivity index (χ0v) is 8.87. The van der Waals surface area contributed by atoms with Gasteiger partial charge in [0.2, 0.25) is 0 Å². The van der Waals surface area contributed by atoms with Gasteiger partial charge in [-0.2, -0.15) is 4.99 Å². The number of halogens is 1. The molecule has 13 heavy (non-hydrogen) atoms. The van der Waals surface area contributed by atoms with E-state index in [1.54, 1.807) is 13.2 Å². The molecule has 0 aromatic heterocycles. The van der Waals surface area contributed by atoms with E-state index in [4.69, 9.17) is 16.3 Å². The lowest BCUT2D eigenvalue weighted by Gasteiger charge is -2.07. The summed E-state index contributed by atoms with van der Waals surface area (Å²) < 4.78 is 5.14. The van der Waals surface area contributed by atoms with Gasteiger partial charge in [-0.1, -0.05) is 11.6 Å². The standard InChI is InChI=1S/C9H8ClNOS/c1-6-3-7(10)4-8(11-5-13)9(6)12-2/h3-4H,1-2H3. The molecule has 0 fully saturated rings. The monoisotopic (exact) mass is 213 g/mol. The molecule has 0 amide bonds. The Labute approximate surface area is 87.2 Å². The minimum atomic E-state index is 0.613. The second-order valence-corrected chi connectivity index (χ2v) is 3.10. The van der Waals surface area contributed by atoms with Crippen LogP contribution in [0.25, 0.3) is 0 Å². The Balaban J connectivity index is 3.37. The van der Waals surface area contributed by atoms with E-state index < -0.39 is 0 Å². The molecule has 2 nitrogen and oxygen atoms in total. The zero-order chi connectivity index (χ0) is 9.84. The third-order valence-corrected chi connectivity index (χ3v) is 1.90. The van der Waals surface area contributed by atoms with E-state index in [1.165, 1.54) is 0 Å². The SMILES string of the molecule is COc1c(C)cc(Cl)cc1N=C=S. The van der Waals surface area contributed by atoms with Crippen LogP contribution in [0.3, 0.4) is 0 Å². The topological polar surface area (TPSA) is 21.6 Å². The summed E-state index contributed by atoms with van der Waals surface area (Å²) in [5.41, 5.74) is 1.54. The molecule has 4 heteroatoms. The molecule has 68 valence electrons. The Hall–Kier alpha value is -0.890. The maximum atomic E-state index is 5.84. The van der Waals surface area contributed by atoms with Crippen LogP contribution in [-0.4, -0.2) is 12.3 Å². The molecule has 0 saturated carbocycles.